The lowest BCUT2D eigenvalue weighted by molar-refractivity contribution is 0.237. The van der Waals surface area contributed by atoms with Gasteiger partial charge in [-0.05, 0) is 6.92 Å². The smallest absolute Gasteiger partial charge is 0.333 e. The first-order valence-corrected chi connectivity index (χ1v) is 4.97. The van der Waals surface area contributed by atoms with Gasteiger partial charge in [0.25, 0.3) is 0 Å². The van der Waals surface area contributed by atoms with E-state index < -0.39 is 17.8 Å². The minimum absolute atomic E-state index is 0.159. The molecule has 0 spiro atoms. The lowest BCUT2D eigenvalue weighted by Crippen LogP contribution is -2.43. The molecule has 0 saturated heterocycles. The molecule has 0 aliphatic heterocycles. The normalized spacial score (nSPS) is 12.1. The Kier molecular flexibility index (Phi) is 3.73. The number of alkyl halides is 1. The third-order valence-electron chi connectivity index (χ3n) is 1.93. The number of halogens is 1. The number of nitrogens with zero attached hydrogens (tertiary/aromatic N) is 3. The molecule has 0 radical (unpaired) electrons. The Labute approximate surface area is 96.5 Å². The van der Waals surface area contributed by atoms with E-state index >= 15 is 0 Å². The fraction of sp³-hybridized carbons (Fsp3) is 0.375. The van der Waals surface area contributed by atoms with Gasteiger partial charge in [0.05, 0.1) is 6.04 Å². The van der Waals surface area contributed by atoms with Gasteiger partial charge in [-0.3, -0.25) is 0 Å². The first-order valence-electron chi connectivity index (χ1n) is 4.44. The predicted molar refractivity (Wildman–Crippen MR) is 60.0 cm³/mol. The van der Waals surface area contributed by atoms with Crippen LogP contribution < -0.4 is 16.8 Å². The Hall–Kier alpha value is -1.76. The summed E-state index contributed by atoms with van der Waals surface area (Å²) in [5.74, 6) is 5.73. The molecule has 0 aliphatic rings. The molecular formula is C8H12ClN5O2. The maximum absolute atomic E-state index is 11.6. The van der Waals surface area contributed by atoms with Crippen molar-refractivity contribution in [2.24, 2.45) is 0 Å². The summed E-state index contributed by atoms with van der Waals surface area (Å²) in [5, 5.41) is 6.14. The summed E-state index contributed by atoms with van der Waals surface area (Å²) in [6.45, 7) is 5.00. The highest BCUT2D eigenvalue weighted by atomic mass is 35.5. The van der Waals surface area contributed by atoms with Crippen molar-refractivity contribution in [3.63, 3.8) is 0 Å². The van der Waals surface area contributed by atoms with E-state index in [4.69, 9.17) is 17.4 Å². The number of amides is 1. The van der Waals surface area contributed by atoms with Gasteiger partial charge < -0.3 is 11.2 Å². The van der Waals surface area contributed by atoms with Crippen molar-refractivity contribution in [3.8, 4) is 0 Å². The molecule has 8 heteroatoms. The Morgan fingerprint density at radius 1 is 1.81 bits per heavy atom. The highest BCUT2D eigenvalue weighted by molar-refractivity contribution is 6.18. The van der Waals surface area contributed by atoms with Crippen molar-refractivity contribution < 1.29 is 4.79 Å². The second-order valence-electron chi connectivity index (χ2n) is 3.06. The van der Waals surface area contributed by atoms with Crippen molar-refractivity contribution in [3.05, 3.63) is 29.0 Å². The van der Waals surface area contributed by atoms with Gasteiger partial charge in [0.2, 0.25) is 0 Å². The molecule has 0 saturated carbocycles. The van der Waals surface area contributed by atoms with Gasteiger partial charge in [0, 0.05) is 5.88 Å². The Bertz CT molecular complexity index is 463. The molecule has 0 bridgehead atoms. The number of carbonyl (C=O) groups is 1. The van der Waals surface area contributed by atoms with Gasteiger partial charge in [-0.25, -0.2) is 9.59 Å². The number of rotatable bonds is 3. The van der Waals surface area contributed by atoms with Crippen LogP contribution in [0.15, 0.2) is 17.4 Å². The lowest BCUT2D eigenvalue weighted by atomic mass is 10.3. The second kappa shape index (κ2) is 4.84. The first-order chi connectivity index (χ1) is 7.51. The van der Waals surface area contributed by atoms with Gasteiger partial charge in [0.1, 0.15) is 0 Å². The fourth-order valence-electron chi connectivity index (χ4n) is 0.989. The molecule has 1 rings (SSSR count). The third-order valence-corrected chi connectivity index (χ3v) is 2.27. The van der Waals surface area contributed by atoms with E-state index in [0.29, 0.717) is 4.68 Å². The van der Waals surface area contributed by atoms with Crippen LogP contribution in [0.25, 0.3) is 0 Å². The highest BCUT2D eigenvalue weighted by Crippen LogP contribution is 1.91. The molecule has 0 aromatic carbocycles. The Balaban J connectivity index is 2.93. The van der Waals surface area contributed by atoms with E-state index in [-0.39, 0.29) is 11.7 Å². The predicted octanol–water partition coefficient (Wildman–Crippen LogP) is -0.582. The van der Waals surface area contributed by atoms with E-state index in [1.807, 2.05) is 0 Å². The quantitative estimate of drug-likeness (QED) is 0.423. The zero-order valence-corrected chi connectivity index (χ0v) is 9.44. The van der Waals surface area contributed by atoms with Crippen LogP contribution in [0.5, 0.6) is 0 Å². The van der Waals surface area contributed by atoms with Gasteiger partial charge in [-0.2, -0.15) is 4.68 Å². The maximum atomic E-state index is 11.6. The van der Waals surface area contributed by atoms with Crippen LogP contribution in [-0.2, 0) is 0 Å². The number of hydrogen-bond acceptors (Lipinski definition) is 4. The van der Waals surface area contributed by atoms with E-state index in [1.165, 1.54) is 13.0 Å². The Morgan fingerprint density at radius 2 is 2.44 bits per heavy atom. The number of nitrogen functional groups attached to an aromatic ring is 1. The molecule has 1 aromatic rings. The number of nitrogens with one attached hydrogen (secondary N) is 1. The summed E-state index contributed by atoms with van der Waals surface area (Å²) < 4.78 is 1.42. The third kappa shape index (κ3) is 2.25. The first kappa shape index (κ1) is 12.3. The second-order valence-corrected chi connectivity index (χ2v) is 3.37. The molecule has 1 unspecified atom stereocenters. The molecule has 1 heterocycles. The van der Waals surface area contributed by atoms with Crippen LogP contribution in [0.2, 0.25) is 0 Å². The van der Waals surface area contributed by atoms with Crippen LogP contribution in [0, 0.1) is 6.92 Å². The van der Waals surface area contributed by atoms with Crippen molar-refractivity contribution in [1.82, 2.24) is 19.8 Å². The summed E-state index contributed by atoms with van der Waals surface area (Å²) in [6.07, 6.45) is 1.46. The fourth-order valence-corrected chi connectivity index (χ4v) is 1.19. The van der Waals surface area contributed by atoms with E-state index in [0.717, 1.165) is 4.68 Å². The van der Waals surface area contributed by atoms with Gasteiger partial charge >= 0.3 is 11.7 Å². The summed E-state index contributed by atoms with van der Waals surface area (Å²) in [5.41, 5.74) is -0.715. The lowest BCUT2D eigenvalue weighted by Gasteiger charge is -2.09. The molecule has 7 nitrogen and oxygen atoms in total. The van der Waals surface area contributed by atoms with Gasteiger partial charge in [-0.15, -0.1) is 28.0 Å². The van der Waals surface area contributed by atoms with Gasteiger partial charge in [0.15, 0.2) is 5.82 Å². The number of carbonyl (C=O) groups excluding carboxylic acids is 1. The summed E-state index contributed by atoms with van der Waals surface area (Å²) in [6, 6.07) is -1.12. The topological polar surface area (TPSA) is 94.9 Å². The minimum Gasteiger partial charge on any atom is -0.333 e. The summed E-state index contributed by atoms with van der Waals surface area (Å²) >= 11 is 5.55. The molecule has 3 N–H and O–H groups in total. The molecule has 1 amide bonds. The zero-order chi connectivity index (χ0) is 12.3. The van der Waals surface area contributed by atoms with Crippen LogP contribution in [-0.4, -0.2) is 32.4 Å². The zero-order valence-electron chi connectivity index (χ0n) is 8.68. The number of hydrogen-bond donors (Lipinski definition) is 2. The molecule has 1 atom stereocenters. The summed E-state index contributed by atoms with van der Waals surface area (Å²) in [4.78, 5) is 23.0. The van der Waals surface area contributed by atoms with Crippen molar-refractivity contribution in [2.75, 3.05) is 11.7 Å². The SMILES string of the molecule is C=CC(CCl)NC(=O)n1nc(C)n(N)c1=O. The van der Waals surface area contributed by atoms with Crippen LogP contribution >= 0.6 is 11.6 Å². The minimum atomic E-state index is -0.715. The van der Waals surface area contributed by atoms with E-state index in [1.54, 1.807) is 0 Å². The average molecular weight is 246 g/mol. The van der Waals surface area contributed by atoms with Crippen molar-refractivity contribution >= 4 is 17.6 Å². The maximum Gasteiger partial charge on any atom is 0.373 e. The molecule has 16 heavy (non-hydrogen) atoms. The van der Waals surface area contributed by atoms with Gasteiger partial charge in [-0.1, -0.05) is 6.08 Å². The number of aryl methyl sites for hydroxylation is 1. The van der Waals surface area contributed by atoms with Crippen LogP contribution in [0.3, 0.4) is 0 Å². The van der Waals surface area contributed by atoms with Crippen LogP contribution in [0.1, 0.15) is 5.82 Å². The van der Waals surface area contributed by atoms with E-state index in [9.17, 15) is 9.59 Å². The molecule has 1 aromatic heterocycles. The molecular weight excluding hydrogens is 234 g/mol. The molecule has 0 aliphatic carbocycles. The van der Waals surface area contributed by atoms with E-state index in [2.05, 4.69) is 17.0 Å². The monoisotopic (exact) mass is 245 g/mol. The highest BCUT2D eigenvalue weighted by Gasteiger charge is 2.16. The summed E-state index contributed by atoms with van der Waals surface area (Å²) in [7, 11) is 0. The molecule has 0 fully saturated rings. The Morgan fingerprint density at radius 3 is 2.81 bits per heavy atom. The largest absolute Gasteiger partial charge is 0.373 e. The van der Waals surface area contributed by atoms with Crippen molar-refractivity contribution in [2.45, 2.75) is 13.0 Å². The average Bonchev–Trinajstić information content (AvgIpc) is 2.53. The number of aromatic nitrogens is 3. The van der Waals surface area contributed by atoms with Crippen LogP contribution in [0.4, 0.5) is 4.79 Å². The molecule has 88 valence electrons. The standard InChI is InChI=1S/C8H12ClN5O2/c1-3-6(4-9)11-7(15)14-8(16)13(10)5(2)12-14/h3,6H,1,4,10H2,2H3,(H,11,15). The number of nitrogens with two attached hydrogens (primary N) is 1. The van der Waals surface area contributed by atoms with Crippen molar-refractivity contribution in [1.29, 1.82) is 0 Å².